The van der Waals surface area contributed by atoms with Crippen molar-refractivity contribution < 1.29 is 9.31 Å². The summed E-state index contributed by atoms with van der Waals surface area (Å²) in [5.41, 5.74) is 4.95. The fraction of sp³-hybridized carbons (Fsp3) is 0.200. The zero-order valence-corrected chi connectivity index (χ0v) is 8.02. The Morgan fingerprint density at radius 2 is 2.27 bits per heavy atom. The average molecular weight is 210 g/mol. The van der Waals surface area contributed by atoms with Gasteiger partial charge in [-0.15, -0.1) is 0 Å². The summed E-state index contributed by atoms with van der Waals surface area (Å²) in [6, 6.07) is 4.06. The summed E-state index contributed by atoms with van der Waals surface area (Å²) in [7, 11) is 0. The summed E-state index contributed by atoms with van der Waals surface area (Å²) in [6.45, 7) is 0.465. The number of halogens is 1. The molecule has 0 amide bonds. The smallest absolute Gasteiger partial charge is 0.305 e. The second kappa shape index (κ2) is 5.21. The minimum atomic E-state index is -0.809. The molecule has 5 heteroatoms. The highest BCUT2D eigenvalue weighted by Gasteiger charge is 2.15. The molecule has 1 aromatic rings. The van der Waals surface area contributed by atoms with Crippen molar-refractivity contribution in [2.24, 2.45) is 5.73 Å². The lowest BCUT2D eigenvalue weighted by molar-refractivity contribution is -0.387. The molecule has 1 rings (SSSR count). The summed E-state index contributed by atoms with van der Waals surface area (Å²) in [5.74, 6) is -0.809. The number of nitrogens with two attached hydrogens (primary N) is 1. The van der Waals surface area contributed by atoms with Crippen molar-refractivity contribution in [3.05, 3.63) is 45.8 Å². The molecular formula is C10H11FN2O2. The first-order valence-electron chi connectivity index (χ1n) is 4.46. The van der Waals surface area contributed by atoms with E-state index in [4.69, 9.17) is 5.73 Å². The van der Waals surface area contributed by atoms with E-state index in [1.165, 1.54) is 18.2 Å². The van der Waals surface area contributed by atoms with Gasteiger partial charge in [-0.2, -0.15) is 4.39 Å². The van der Waals surface area contributed by atoms with Gasteiger partial charge in [-0.1, -0.05) is 24.3 Å². The van der Waals surface area contributed by atoms with Crippen LogP contribution in [-0.4, -0.2) is 11.5 Å². The van der Waals surface area contributed by atoms with Crippen LogP contribution >= 0.6 is 0 Å². The van der Waals surface area contributed by atoms with E-state index in [0.29, 0.717) is 13.0 Å². The molecule has 0 aliphatic heterocycles. The molecular weight excluding hydrogens is 199 g/mol. The first-order chi connectivity index (χ1) is 7.16. The molecule has 0 bridgehead atoms. The lowest BCUT2D eigenvalue weighted by Gasteiger charge is -1.97. The quantitative estimate of drug-likeness (QED) is 0.611. The molecule has 0 heterocycles. The number of hydrogen-bond donors (Lipinski definition) is 1. The van der Waals surface area contributed by atoms with Crippen molar-refractivity contribution in [2.45, 2.75) is 6.42 Å². The van der Waals surface area contributed by atoms with E-state index in [2.05, 4.69) is 0 Å². The topological polar surface area (TPSA) is 69.2 Å². The lowest BCUT2D eigenvalue weighted by Crippen LogP contribution is -1.96. The van der Waals surface area contributed by atoms with Crippen LogP contribution in [0.3, 0.4) is 0 Å². The molecule has 4 nitrogen and oxygen atoms in total. The first-order valence-corrected chi connectivity index (χ1v) is 4.46. The van der Waals surface area contributed by atoms with Gasteiger partial charge in [0.05, 0.1) is 4.92 Å². The fourth-order valence-corrected chi connectivity index (χ4v) is 1.11. The Balaban J connectivity index is 2.99. The van der Waals surface area contributed by atoms with Crippen LogP contribution in [0.4, 0.5) is 10.1 Å². The molecule has 0 aliphatic rings. The van der Waals surface area contributed by atoms with Crippen LogP contribution in [0, 0.1) is 15.9 Å². The van der Waals surface area contributed by atoms with Crippen molar-refractivity contribution in [1.29, 1.82) is 0 Å². The van der Waals surface area contributed by atoms with Gasteiger partial charge >= 0.3 is 5.69 Å². The van der Waals surface area contributed by atoms with E-state index in [0.717, 1.165) is 6.07 Å². The number of hydrogen-bond acceptors (Lipinski definition) is 3. The van der Waals surface area contributed by atoms with E-state index in [9.17, 15) is 14.5 Å². The second-order valence-corrected chi connectivity index (χ2v) is 2.92. The fourth-order valence-electron chi connectivity index (χ4n) is 1.11. The maximum Gasteiger partial charge on any atom is 0.305 e. The monoisotopic (exact) mass is 210 g/mol. The number of nitrogens with zero attached hydrogens (tertiary/aromatic N) is 1. The zero-order valence-electron chi connectivity index (χ0n) is 8.02. The Bertz CT molecular complexity index is 391. The van der Waals surface area contributed by atoms with Gasteiger partial charge in [-0.25, -0.2) is 0 Å². The van der Waals surface area contributed by atoms with Gasteiger partial charge in [0, 0.05) is 11.6 Å². The summed E-state index contributed by atoms with van der Waals surface area (Å²) in [5, 5.41) is 10.4. The van der Waals surface area contributed by atoms with E-state index in [1.54, 1.807) is 6.08 Å². The Morgan fingerprint density at radius 3 is 2.87 bits per heavy atom. The van der Waals surface area contributed by atoms with E-state index in [1.807, 2.05) is 0 Å². The van der Waals surface area contributed by atoms with Crippen LogP contribution in [0.5, 0.6) is 0 Å². The standard InChI is InChI=1S/C10H11FN2O2/c11-10-8(4-1-2-7-12)5-3-6-9(10)13(14)15/h1,3-6H,2,7,12H2. The SMILES string of the molecule is NCCC=Cc1cccc([N+](=O)[O-])c1F. The second-order valence-electron chi connectivity index (χ2n) is 2.92. The van der Waals surface area contributed by atoms with Crippen LogP contribution in [0.1, 0.15) is 12.0 Å². The maximum atomic E-state index is 13.4. The summed E-state index contributed by atoms with van der Waals surface area (Å²) in [6.07, 6.45) is 3.79. The lowest BCUT2D eigenvalue weighted by atomic mass is 10.1. The Hall–Kier alpha value is -1.75. The van der Waals surface area contributed by atoms with Crippen molar-refractivity contribution >= 4 is 11.8 Å². The highest BCUT2D eigenvalue weighted by Crippen LogP contribution is 2.20. The highest BCUT2D eigenvalue weighted by molar-refractivity contribution is 5.54. The van der Waals surface area contributed by atoms with Crippen molar-refractivity contribution in [2.75, 3.05) is 6.54 Å². The number of benzene rings is 1. The molecule has 0 spiro atoms. The molecule has 0 unspecified atom stereocenters. The summed E-state index contributed by atoms with van der Waals surface area (Å²) < 4.78 is 13.4. The first kappa shape index (κ1) is 11.3. The third-order valence-electron chi connectivity index (χ3n) is 1.84. The third kappa shape index (κ3) is 2.85. The van der Waals surface area contributed by atoms with E-state index >= 15 is 0 Å². The highest BCUT2D eigenvalue weighted by atomic mass is 19.1. The third-order valence-corrected chi connectivity index (χ3v) is 1.84. The van der Waals surface area contributed by atoms with Crippen molar-refractivity contribution in [3.63, 3.8) is 0 Å². The molecule has 0 fully saturated rings. The van der Waals surface area contributed by atoms with Gasteiger partial charge in [0.2, 0.25) is 5.82 Å². The maximum absolute atomic E-state index is 13.4. The van der Waals surface area contributed by atoms with Crippen LogP contribution in [0.15, 0.2) is 24.3 Å². The van der Waals surface area contributed by atoms with Gasteiger partial charge in [0.25, 0.3) is 0 Å². The molecule has 0 atom stereocenters. The molecule has 2 N–H and O–H groups in total. The van der Waals surface area contributed by atoms with Crippen molar-refractivity contribution in [1.82, 2.24) is 0 Å². The summed E-state index contributed by atoms with van der Waals surface area (Å²) in [4.78, 5) is 9.68. The number of nitro groups is 1. The predicted octanol–water partition coefficient (Wildman–Crippen LogP) is 2.10. The summed E-state index contributed by atoms with van der Waals surface area (Å²) >= 11 is 0. The molecule has 15 heavy (non-hydrogen) atoms. The van der Waals surface area contributed by atoms with Crippen LogP contribution in [0.25, 0.3) is 6.08 Å². The van der Waals surface area contributed by atoms with Gasteiger partial charge < -0.3 is 5.73 Å². The van der Waals surface area contributed by atoms with Crippen LogP contribution < -0.4 is 5.73 Å². The van der Waals surface area contributed by atoms with Gasteiger partial charge in [0.1, 0.15) is 0 Å². The minimum Gasteiger partial charge on any atom is -0.330 e. The van der Waals surface area contributed by atoms with E-state index in [-0.39, 0.29) is 5.56 Å². The normalized spacial score (nSPS) is 10.8. The van der Waals surface area contributed by atoms with Gasteiger partial charge in [0.15, 0.2) is 0 Å². The minimum absolute atomic E-state index is 0.206. The predicted molar refractivity (Wildman–Crippen MR) is 55.8 cm³/mol. The molecule has 1 aromatic carbocycles. The molecule has 0 saturated carbocycles. The van der Waals surface area contributed by atoms with E-state index < -0.39 is 16.4 Å². The number of nitro benzene ring substituents is 1. The Morgan fingerprint density at radius 1 is 1.53 bits per heavy atom. The largest absolute Gasteiger partial charge is 0.330 e. The van der Waals surface area contributed by atoms with Gasteiger partial charge in [-0.3, -0.25) is 10.1 Å². The Kier molecular flexibility index (Phi) is 3.93. The molecule has 0 aliphatic carbocycles. The molecule has 80 valence electrons. The average Bonchev–Trinajstić information content (AvgIpc) is 2.20. The zero-order chi connectivity index (χ0) is 11.3. The number of rotatable bonds is 4. The Labute approximate surface area is 86.4 Å². The van der Waals surface area contributed by atoms with Crippen LogP contribution in [0.2, 0.25) is 0 Å². The van der Waals surface area contributed by atoms with Gasteiger partial charge in [-0.05, 0) is 13.0 Å². The van der Waals surface area contributed by atoms with Crippen LogP contribution in [-0.2, 0) is 0 Å². The van der Waals surface area contributed by atoms with Crippen molar-refractivity contribution in [3.8, 4) is 0 Å². The molecule has 0 saturated heterocycles. The molecule has 0 radical (unpaired) electrons. The molecule has 0 aromatic heterocycles.